The molecule has 3 aromatic rings. The van der Waals surface area contributed by atoms with Gasteiger partial charge in [-0.05, 0) is 36.2 Å². The fourth-order valence-corrected chi connectivity index (χ4v) is 2.25. The van der Waals surface area contributed by atoms with Crippen LogP contribution in [0.5, 0.6) is 0 Å². The molecule has 0 aliphatic rings. The first-order valence-electron chi connectivity index (χ1n) is 6.21. The Bertz CT molecular complexity index is 812. The highest BCUT2D eigenvalue weighted by Crippen LogP contribution is 2.30. The molecule has 1 N–H and O–H groups in total. The van der Waals surface area contributed by atoms with Gasteiger partial charge in [0.05, 0.1) is 5.52 Å². The van der Waals surface area contributed by atoms with Crippen LogP contribution in [-0.4, -0.2) is 21.0 Å². The van der Waals surface area contributed by atoms with Crippen LogP contribution in [-0.2, 0) is 0 Å². The zero-order valence-corrected chi connectivity index (χ0v) is 10.9. The number of aromatic carboxylic acids is 1. The van der Waals surface area contributed by atoms with Gasteiger partial charge in [0.15, 0.2) is 0 Å². The van der Waals surface area contributed by atoms with Crippen molar-refractivity contribution in [3.8, 4) is 11.1 Å². The van der Waals surface area contributed by atoms with Crippen molar-refractivity contribution in [2.75, 3.05) is 0 Å². The van der Waals surface area contributed by atoms with Gasteiger partial charge in [0.1, 0.15) is 5.69 Å². The van der Waals surface area contributed by atoms with Gasteiger partial charge in [-0.3, -0.25) is 4.98 Å². The number of aromatic nitrogens is 2. The summed E-state index contributed by atoms with van der Waals surface area (Å²) < 4.78 is 0. The van der Waals surface area contributed by atoms with E-state index in [0.717, 1.165) is 22.1 Å². The van der Waals surface area contributed by atoms with Crippen molar-refractivity contribution >= 4 is 16.9 Å². The monoisotopic (exact) mass is 264 g/mol. The first-order chi connectivity index (χ1) is 9.66. The van der Waals surface area contributed by atoms with Crippen LogP contribution in [0.3, 0.4) is 0 Å². The van der Waals surface area contributed by atoms with E-state index in [1.54, 1.807) is 18.5 Å². The average molecular weight is 264 g/mol. The number of rotatable bonds is 2. The van der Waals surface area contributed by atoms with E-state index >= 15 is 0 Å². The summed E-state index contributed by atoms with van der Waals surface area (Å²) in [5.74, 6) is -1.03. The number of aryl methyl sites for hydroxylation is 1. The summed E-state index contributed by atoms with van der Waals surface area (Å²) in [5, 5.41) is 10.1. The molecule has 0 atom stereocenters. The Labute approximate surface area is 115 Å². The molecule has 2 aromatic heterocycles. The third kappa shape index (κ3) is 2.01. The van der Waals surface area contributed by atoms with Gasteiger partial charge in [-0.15, -0.1) is 0 Å². The van der Waals surface area contributed by atoms with E-state index in [1.807, 2.05) is 37.3 Å². The zero-order valence-electron chi connectivity index (χ0n) is 10.9. The highest BCUT2D eigenvalue weighted by Gasteiger charge is 2.13. The predicted octanol–water partition coefficient (Wildman–Crippen LogP) is 3.30. The Morgan fingerprint density at radius 2 is 1.95 bits per heavy atom. The third-order valence-electron chi connectivity index (χ3n) is 3.26. The number of pyridine rings is 2. The van der Waals surface area contributed by atoms with Crippen LogP contribution in [0.15, 0.2) is 48.8 Å². The van der Waals surface area contributed by atoms with E-state index in [0.29, 0.717) is 5.52 Å². The molecule has 20 heavy (non-hydrogen) atoms. The van der Waals surface area contributed by atoms with Crippen LogP contribution in [0.2, 0.25) is 0 Å². The Morgan fingerprint density at radius 1 is 1.15 bits per heavy atom. The minimum Gasteiger partial charge on any atom is -0.477 e. The van der Waals surface area contributed by atoms with E-state index in [9.17, 15) is 9.90 Å². The lowest BCUT2D eigenvalue weighted by Gasteiger charge is -2.10. The number of hydrogen-bond acceptors (Lipinski definition) is 3. The molecule has 98 valence electrons. The van der Waals surface area contributed by atoms with Crippen LogP contribution in [0, 0.1) is 6.92 Å². The predicted molar refractivity (Wildman–Crippen MR) is 76.7 cm³/mol. The van der Waals surface area contributed by atoms with Gasteiger partial charge in [-0.2, -0.15) is 0 Å². The SMILES string of the molecule is Cc1ccncc1-c1cc(C(=O)O)nc2ccccc12. The Morgan fingerprint density at radius 3 is 2.70 bits per heavy atom. The summed E-state index contributed by atoms with van der Waals surface area (Å²) in [4.78, 5) is 19.5. The number of para-hydroxylation sites is 1. The van der Waals surface area contributed by atoms with Crippen LogP contribution in [0.1, 0.15) is 16.1 Å². The topological polar surface area (TPSA) is 63.1 Å². The Hall–Kier alpha value is -2.75. The molecule has 3 rings (SSSR count). The molecule has 1 aromatic carbocycles. The molecule has 4 heteroatoms. The number of nitrogens with zero attached hydrogens (tertiary/aromatic N) is 2. The van der Waals surface area contributed by atoms with Crippen molar-refractivity contribution in [3.63, 3.8) is 0 Å². The maximum atomic E-state index is 11.2. The summed E-state index contributed by atoms with van der Waals surface area (Å²) in [6, 6.07) is 11.0. The number of carbonyl (C=O) groups is 1. The first-order valence-corrected chi connectivity index (χ1v) is 6.21. The van der Waals surface area contributed by atoms with Gasteiger partial charge >= 0.3 is 5.97 Å². The summed E-state index contributed by atoms with van der Waals surface area (Å²) >= 11 is 0. The Balaban J connectivity index is 2.39. The normalized spacial score (nSPS) is 10.7. The second-order valence-corrected chi connectivity index (χ2v) is 4.57. The van der Waals surface area contributed by atoms with Gasteiger partial charge in [-0.25, -0.2) is 9.78 Å². The number of hydrogen-bond donors (Lipinski definition) is 1. The van der Waals surface area contributed by atoms with E-state index < -0.39 is 5.97 Å². The molecule has 4 nitrogen and oxygen atoms in total. The maximum Gasteiger partial charge on any atom is 0.354 e. The third-order valence-corrected chi connectivity index (χ3v) is 3.26. The molecule has 0 bridgehead atoms. The lowest BCUT2D eigenvalue weighted by molar-refractivity contribution is 0.0691. The fraction of sp³-hybridized carbons (Fsp3) is 0.0625. The smallest absolute Gasteiger partial charge is 0.354 e. The number of carboxylic acid groups (broad SMARTS) is 1. The highest BCUT2D eigenvalue weighted by molar-refractivity contribution is 5.99. The van der Waals surface area contributed by atoms with Gasteiger partial charge in [0.25, 0.3) is 0 Å². The molecule has 2 heterocycles. The largest absolute Gasteiger partial charge is 0.477 e. The van der Waals surface area contributed by atoms with Crippen LogP contribution >= 0.6 is 0 Å². The van der Waals surface area contributed by atoms with Gasteiger partial charge in [0.2, 0.25) is 0 Å². The second kappa shape index (κ2) is 4.74. The molecule has 0 fully saturated rings. The summed E-state index contributed by atoms with van der Waals surface area (Å²) in [7, 11) is 0. The molecule has 0 radical (unpaired) electrons. The standard InChI is InChI=1S/C16H12N2O2/c1-10-6-7-17-9-13(10)12-8-15(16(19)20)18-14-5-3-2-4-11(12)14/h2-9H,1H3,(H,19,20). The van der Waals surface area contributed by atoms with E-state index in [2.05, 4.69) is 9.97 Å². The lowest BCUT2D eigenvalue weighted by Crippen LogP contribution is -2.01. The van der Waals surface area contributed by atoms with Crippen LogP contribution in [0.4, 0.5) is 0 Å². The summed E-state index contributed by atoms with van der Waals surface area (Å²) in [5.41, 5.74) is 3.53. The quantitative estimate of drug-likeness (QED) is 0.771. The van der Waals surface area contributed by atoms with Crippen molar-refractivity contribution in [1.29, 1.82) is 0 Å². The zero-order chi connectivity index (χ0) is 14.1. The number of benzene rings is 1. The fourth-order valence-electron chi connectivity index (χ4n) is 2.25. The lowest BCUT2D eigenvalue weighted by atomic mass is 9.98. The van der Waals surface area contributed by atoms with Crippen LogP contribution in [0.25, 0.3) is 22.0 Å². The second-order valence-electron chi connectivity index (χ2n) is 4.57. The molecular weight excluding hydrogens is 252 g/mol. The average Bonchev–Trinajstić information content (AvgIpc) is 2.46. The van der Waals surface area contributed by atoms with E-state index in [4.69, 9.17) is 0 Å². The van der Waals surface area contributed by atoms with Gasteiger partial charge in [0, 0.05) is 23.3 Å². The van der Waals surface area contributed by atoms with Crippen molar-refractivity contribution in [1.82, 2.24) is 9.97 Å². The minimum absolute atomic E-state index is 0.0435. The van der Waals surface area contributed by atoms with Crippen molar-refractivity contribution in [3.05, 3.63) is 60.0 Å². The molecular formula is C16H12N2O2. The van der Waals surface area contributed by atoms with Gasteiger partial charge < -0.3 is 5.11 Å². The highest BCUT2D eigenvalue weighted by atomic mass is 16.4. The molecule has 0 saturated heterocycles. The first kappa shape index (κ1) is 12.3. The molecule has 0 aliphatic carbocycles. The maximum absolute atomic E-state index is 11.2. The van der Waals surface area contributed by atoms with Crippen molar-refractivity contribution < 1.29 is 9.90 Å². The molecule has 0 unspecified atom stereocenters. The van der Waals surface area contributed by atoms with Crippen LogP contribution < -0.4 is 0 Å². The van der Waals surface area contributed by atoms with Crippen molar-refractivity contribution in [2.45, 2.75) is 6.92 Å². The Kier molecular flexibility index (Phi) is 2.91. The molecule has 0 aliphatic heterocycles. The summed E-state index contributed by atoms with van der Waals surface area (Å²) in [6.07, 6.45) is 3.48. The minimum atomic E-state index is -1.03. The number of fused-ring (bicyclic) bond motifs is 1. The molecule has 0 saturated carbocycles. The van der Waals surface area contributed by atoms with Gasteiger partial charge in [-0.1, -0.05) is 18.2 Å². The number of carboxylic acids is 1. The summed E-state index contributed by atoms with van der Waals surface area (Å²) in [6.45, 7) is 1.98. The molecule has 0 spiro atoms. The molecule has 0 amide bonds. The van der Waals surface area contributed by atoms with Crippen molar-refractivity contribution in [2.24, 2.45) is 0 Å². The van der Waals surface area contributed by atoms with E-state index in [1.165, 1.54) is 0 Å². The van der Waals surface area contributed by atoms with E-state index in [-0.39, 0.29) is 5.69 Å².